The molecule has 1 fully saturated rings. The molecule has 1 rings (SSSR count). The molecule has 0 radical (unpaired) electrons. The molecule has 62 valence electrons. The molecule has 0 saturated carbocycles. The molecule has 0 aromatic carbocycles. The molecule has 0 spiro atoms. The summed E-state index contributed by atoms with van der Waals surface area (Å²) in [7, 11) is 0. The van der Waals surface area contributed by atoms with E-state index in [0.29, 0.717) is 0 Å². The van der Waals surface area contributed by atoms with Crippen molar-refractivity contribution >= 4 is 12.6 Å². The summed E-state index contributed by atoms with van der Waals surface area (Å²) in [5.41, 5.74) is 0. The summed E-state index contributed by atoms with van der Waals surface area (Å²) >= 11 is 4.13. The van der Waals surface area contributed by atoms with Crippen LogP contribution in [0.15, 0.2) is 0 Å². The van der Waals surface area contributed by atoms with Crippen molar-refractivity contribution in [3.63, 3.8) is 0 Å². The molecule has 1 saturated heterocycles. The Labute approximate surface area is 69.0 Å². The number of rotatable bonds is 1. The van der Waals surface area contributed by atoms with Gasteiger partial charge in [0.15, 0.2) is 0 Å². The highest BCUT2D eigenvalue weighted by molar-refractivity contribution is 7.80. The van der Waals surface area contributed by atoms with Crippen LogP contribution in [0.4, 0.5) is 0 Å². The van der Waals surface area contributed by atoms with E-state index in [2.05, 4.69) is 17.5 Å². The van der Waals surface area contributed by atoms with Gasteiger partial charge in [0.05, 0.1) is 13.2 Å². The van der Waals surface area contributed by atoms with E-state index in [0.717, 1.165) is 32.2 Å². The van der Waals surface area contributed by atoms with Gasteiger partial charge in [-0.2, -0.15) is 12.6 Å². The van der Waals surface area contributed by atoms with Gasteiger partial charge in [-0.15, -0.1) is 0 Å². The lowest BCUT2D eigenvalue weighted by molar-refractivity contribution is 0.0475. The maximum Gasteiger partial charge on any atom is 0.0594 e. The minimum atomic E-state index is 0.864. The molecule has 10 heavy (non-hydrogen) atoms. The van der Waals surface area contributed by atoms with Crippen molar-refractivity contribution in [1.29, 1.82) is 0 Å². The summed E-state index contributed by atoms with van der Waals surface area (Å²) in [6, 6.07) is 0. The summed E-state index contributed by atoms with van der Waals surface area (Å²) in [6.07, 6.45) is 0. The second kappa shape index (κ2) is 7.38. The number of hydrogen-bond acceptors (Lipinski definition) is 3. The molecule has 0 atom stereocenters. The van der Waals surface area contributed by atoms with Gasteiger partial charge in [-0.3, -0.25) is 4.90 Å². The first-order valence-electron chi connectivity index (χ1n) is 3.84. The molecule has 0 aromatic rings. The Bertz CT molecular complexity index is 64.6. The van der Waals surface area contributed by atoms with Crippen molar-refractivity contribution in [1.82, 2.24) is 4.90 Å². The minimum Gasteiger partial charge on any atom is -0.379 e. The van der Waals surface area contributed by atoms with E-state index >= 15 is 0 Å². The summed E-state index contributed by atoms with van der Waals surface area (Å²) in [6.45, 7) is 7.84. The molecule has 0 bridgehead atoms. The third kappa shape index (κ3) is 4.14. The minimum absolute atomic E-state index is 0.864. The Balaban J connectivity index is 0.000000371. The van der Waals surface area contributed by atoms with Crippen LogP contribution in [0.3, 0.4) is 0 Å². The third-order valence-corrected chi connectivity index (χ3v) is 1.70. The molecule has 1 aliphatic rings. The molecular formula is C7H17NOS. The Kier molecular flexibility index (Phi) is 7.58. The van der Waals surface area contributed by atoms with Crippen LogP contribution in [-0.4, -0.2) is 37.1 Å². The van der Waals surface area contributed by atoms with E-state index in [1.807, 2.05) is 13.8 Å². The number of ether oxygens (including phenoxy) is 1. The van der Waals surface area contributed by atoms with E-state index in [-0.39, 0.29) is 0 Å². The molecule has 1 heterocycles. The van der Waals surface area contributed by atoms with Crippen LogP contribution < -0.4 is 0 Å². The number of nitrogens with zero attached hydrogens (tertiary/aromatic N) is 1. The van der Waals surface area contributed by atoms with Crippen molar-refractivity contribution in [2.75, 3.05) is 32.2 Å². The summed E-state index contributed by atoms with van der Waals surface area (Å²) < 4.78 is 5.13. The van der Waals surface area contributed by atoms with E-state index in [9.17, 15) is 0 Å². The van der Waals surface area contributed by atoms with Gasteiger partial charge in [0, 0.05) is 19.0 Å². The average molecular weight is 163 g/mol. The fourth-order valence-corrected chi connectivity index (χ4v) is 1.03. The summed E-state index contributed by atoms with van der Waals surface area (Å²) in [5, 5.41) is 0. The van der Waals surface area contributed by atoms with Crippen molar-refractivity contribution in [2.45, 2.75) is 13.8 Å². The quantitative estimate of drug-likeness (QED) is 0.584. The first-order chi connectivity index (χ1) is 4.93. The SMILES string of the molecule is CC.SCN1CCOCC1. The zero-order valence-electron chi connectivity index (χ0n) is 6.84. The molecule has 0 N–H and O–H groups in total. The molecule has 3 heteroatoms. The zero-order chi connectivity index (χ0) is 7.82. The van der Waals surface area contributed by atoms with Crippen molar-refractivity contribution < 1.29 is 4.74 Å². The maximum atomic E-state index is 5.13. The first-order valence-corrected chi connectivity index (χ1v) is 4.47. The van der Waals surface area contributed by atoms with E-state index in [4.69, 9.17) is 4.74 Å². The van der Waals surface area contributed by atoms with Gasteiger partial charge >= 0.3 is 0 Å². The van der Waals surface area contributed by atoms with E-state index in [1.54, 1.807) is 0 Å². The fraction of sp³-hybridized carbons (Fsp3) is 1.00. The number of hydrogen-bond donors (Lipinski definition) is 1. The third-order valence-electron chi connectivity index (χ3n) is 1.30. The van der Waals surface area contributed by atoms with Crippen molar-refractivity contribution in [2.24, 2.45) is 0 Å². The summed E-state index contributed by atoms with van der Waals surface area (Å²) in [4.78, 5) is 2.26. The van der Waals surface area contributed by atoms with Gasteiger partial charge < -0.3 is 4.74 Å². The van der Waals surface area contributed by atoms with Gasteiger partial charge in [0.1, 0.15) is 0 Å². The van der Waals surface area contributed by atoms with Gasteiger partial charge in [0.2, 0.25) is 0 Å². The normalized spacial score (nSPS) is 19.5. The van der Waals surface area contributed by atoms with Crippen LogP contribution in [-0.2, 0) is 4.74 Å². The fourth-order valence-electron chi connectivity index (χ4n) is 0.743. The largest absolute Gasteiger partial charge is 0.379 e. The maximum absolute atomic E-state index is 5.13. The van der Waals surface area contributed by atoms with Crippen molar-refractivity contribution in [3.8, 4) is 0 Å². The summed E-state index contributed by atoms with van der Waals surface area (Å²) in [5.74, 6) is 0.864. The lowest BCUT2D eigenvalue weighted by Gasteiger charge is -2.24. The molecule has 0 aliphatic carbocycles. The molecule has 0 aromatic heterocycles. The highest BCUT2D eigenvalue weighted by Gasteiger charge is 2.06. The van der Waals surface area contributed by atoms with Gasteiger partial charge in [0.25, 0.3) is 0 Å². The highest BCUT2D eigenvalue weighted by Crippen LogP contribution is 1.95. The van der Waals surface area contributed by atoms with E-state index < -0.39 is 0 Å². The smallest absolute Gasteiger partial charge is 0.0594 e. The second-order valence-electron chi connectivity index (χ2n) is 1.87. The molecule has 0 amide bonds. The molecule has 1 aliphatic heterocycles. The Morgan fingerprint density at radius 2 is 1.80 bits per heavy atom. The Morgan fingerprint density at radius 1 is 1.30 bits per heavy atom. The monoisotopic (exact) mass is 163 g/mol. The van der Waals surface area contributed by atoms with Crippen LogP contribution in [0, 0.1) is 0 Å². The van der Waals surface area contributed by atoms with Crippen LogP contribution in [0.2, 0.25) is 0 Å². The zero-order valence-corrected chi connectivity index (χ0v) is 7.73. The first kappa shape index (κ1) is 10.3. The van der Waals surface area contributed by atoms with Gasteiger partial charge in [-0.05, 0) is 0 Å². The van der Waals surface area contributed by atoms with Crippen LogP contribution in [0.1, 0.15) is 13.8 Å². The Hall–Kier alpha value is 0.270. The van der Waals surface area contributed by atoms with Crippen LogP contribution in [0.5, 0.6) is 0 Å². The van der Waals surface area contributed by atoms with Crippen LogP contribution in [0.25, 0.3) is 0 Å². The van der Waals surface area contributed by atoms with E-state index in [1.165, 1.54) is 0 Å². The Morgan fingerprint density at radius 3 is 2.10 bits per heavy atom. The number of thiol groups is 1. The highest BCUT2D eigenvalue weighted by atomic mass is 32.1. The average Bonchev–Trinajstić information content (AvgIpc) is 2.10. The van der Waals surface area contributed by atoms with Gasteiger partial charge in [-0.1, -0.05) is 13.8 Å². The molecular weight excluding hydrogens is 146 g/mol. The topological polar surface area (TPSA) is 12.5 Å². The standard InChI is InChI=1S/C5H11NOS.C2H6/c8-5-6-1-3-7-4-2-6;1-2/h8H,1-5H2;1-2H3. The lowest BCUT2D eigenvalue weighted by atomic mass is 10.5. The number of morpholine rings is 1. The second-order valence-corrected chi connectivity index (χ2v) is 2.15. The predicted octanol–water partition coefficient (Wildman–Crippen LogP) is 1.23. The molecule has 0 unspecified atom stereocenters. The van der Waals surface area contributed by atoms with Gasteiger partial charge in [-0.25, -0.2) is 0 Å². The predicted molar refractivity (Wildman–Crippen MR) is 47.6 cm³/mol. The van der Waals surface area contributed by atoms with Crippen LogP contribution >= 0.6 is 12.6 Å². The molecule has 2 nitrogen and oxygen atoms in total. The van der Waals surface area contributed by atoms with Crippen molar-refractivity contribution in [3.05, 3.63) is 0 Å². The lowest BCUT2D eigenvalue weighted by Crippen LogP contribution is -2.35.